The molecule has 40 heavy (non-hydrogen) atoms. The van der Waals surface area contributed by atoms with Crippen LogP contribution < -0.4 is 0 Å². The van der Waals surface area contributed by atoms with Gasteiger partial charge in [0.15, 0.2) is 0 Å². The van der Waals surface area contributed by atoms with Gasteiger partial charge in [-0.05, 0) is 61.5 Å². The summed E-state index contributed by atoms with van der Waals surface area (Å²) in [6.45, 7) is 13.3. The fraction of sp³-hybridized carbons (Fsp3) is 0.629. The topological polar surface area (TPSA) is 54.0 Å². The summed E-state index contributed by atoms with van der Waals surface area (Å²) in [5, 5.41) is 0. The molecule has 2 aromatic carbocycles. The van der Waals surface area contributed by atoms with Crippen LogP contribution in [0.2, 0.25) is 0 Å². The van der Waals surface area contributed by atoms with Crippen LogP contribution in [0.5, 0.6) is 0 Å². The molecular weight excluding hydrogens is 500 g/mol. The molecular formula is C35H52O5. The molecule has 0 bridgehead atoms. The molecule has 1 aliphatic heterocycles. The van der Waals surface area contributed by atoms with Crippen molar-refractivity contribution in [2.45, 2.75) is 105 Å². The van der Waals surface area contributed by atoms with Gasteiger partial charge in [-0.15, -0.1) is 0 Å². The maximum absolute atomic E-state index is 12.0. The highest BCUT2D eigenvalue weighted by molar-refractivity contribution is 5.66. The van der Waals surface area contributed by atoms with Gasteiger partial charge >= 0.3 is 5.97 Å². The van der Waals surface area contributed by atoms with Gasteiger partial charge in [0.05, 0.1) is 25.4 Å². The van der Waals surface area contributed by atoms with E-state index in [1.807, 2.05) is 36.4 Å². The monoisotopic (exact) mass is 552 g/mol. The van der Waals surface area contributed by atoms with Gasteiger partial charge in [0.25, 0.3) is 0 Å². The van der Waals surface area contributed by atoms with Gasteiger partial charge in [-0.3, -0.25) is 4.79 Å². The SMILES string of the molecule is CC(=O)OC1[C@@H](C)[C@H](CC[C@H](C)CCOCc2ccccc2)O[C@H](CC[C@H](C)CCOCc2ccccc2)[C@@H]1C. The van der Waals surface area contributed by atoms with Crippen molar-refractivity contribution in [2.75, 3.05) is 13.2 Å². The van der Waals surface area contributed by atoms with E-state index in [0.717, 1.165) is 51.7 Å². The predicted molar refractivity (Wildman–Crippen MR) is 161 cm³/mol. The zero-order chi connectivity index (χ0) is 28.7. The molecule has 0 N–H and O–H groups in total. The normalized spacial score (nSPS) is 24.4. The molecule has 1 unspecified atom stereocenters. The highest BCUT2D eigenvalue weighted by Crippen LogP contribution is 2.37. The van der Waals surface area contributed by atoms with E-state index in [4.69, 9.17) is 18.9 Å². The van der Waals surface area contributed by atoms with E-state index in [9.17, 15) is 4.79 Å². The average Bonchev–Trinajstić information content (AvgIpc) is 2.95. The molecule has 1 aliphatic rings. The Bertz CT molecular complexity index is 879. The zero-order valence-electron chi connectivity index (χ0n) is 25.4. The van der Waals surface area contributed by atoms with Crippen molar-refractivity contribution in [3.8, 4) is 0 Å². The summed E-state index contributed by atoms with van der Waals surface area (Å²) in [4.78, 5) is 12.0. The number of benzene rings is 2. The smallest absolute Gasteiger partial charge is 0.302 e. The van der Waals surface area contributed by atoms with Gasteiger partial charge in [-0.2, -0.15) is 0 Å². The Morgan fingerprint density at radius 1 is 0.725 bits per heavy atom. The molecule has 7 atom stereocenters. The van der Waals surface area contributed by atoms with Gasteiger partial charge in [0.1, 0.15) is 6.10 Å². The van der Waals surface area contributed by atoms with Crippen LogP contribution in [-0.2, 0) is 37.0 Å². The number of ether oxygens (including phenoxy) is 4. The minimum Gasteiger partial charge on any atom is -0.462 e. The molecule has 2 aromatic rings. The molecule has 1 fully saturated rings. The average molecular weight is 553 g/mol. The second kappa shape index (κ2) is 17.6. The summed E-state index contributed by atoms with van der Waals surface area (Å²) in [7, 11) is 0. The van der Waals surface area contributed by atoms with Gasteiger partial charge in [0, 0.05) is 32.0 Å². The van der Waals surface area contributed by atoms with E-state index in [-0.39, 0.29) is 36.1 Å². The largest absolute Gasteiger partial charge is 0.462 e. The van der Waals surface area contributed by atoms with Crippen LogP contribution >= 0.6 is 0 Å². The van der Waals surface area contributed by atoms with E-state index in [0.29, 0.717) is 25.0 Å². The molecule has 0 saturated carbocycles. The molecule has 0 aliphatic carbocycles. The Morgan fingerprint density at radius 2 is 1.15 bits per heavy atom. The Kier molecular flexibility index (Phi) is 14.2. The van der Waals surface area contributed by atoms with Crippen LogP contribution in [0.3, 0.4) is 0 Å². The fourth-order valence-electron chi connectivity index (χ4n) is 5.73. The van der Waals surface area contributed by atoms with E-state index < -0.39 is 0 Å². The summed E-state index contributed by atoms with van der Waals surface area (Å²) in [5.41, 5.74) is 2.43. The summed E-state index contributed by atoms with van der Waals surface area (Å²) < 4.78 is 24.4. The van der Waals surface area contributed by atoms with Gasteiger partial charge < -0.3 is 18.9 Å². The first-order chi connectivity index (χ1) is 19.3. The van der Waals surface area contributed by atoms with Crippen molar-refractivity contribution in [2.24, 2.45) is 23.7 Å². The lowest BCUT2D eigenvalue weighted by Gasteiger charge is -2.45. The molecule has 1 heterocycles. The van der Waals surface area contributed by atoms with Gasteiger partial charge in [0.2, 0.25) is 0 Å². The first kappa shape index (κ1) is 32.3. The predicted octanol–water partition coefficient (Wildman–Crippen LogP) is 8.00. The lowest BCUT2D eigenvalue weighted by Crippen LogP contribution is -2.50. The summed E-state index contributed by atoms with van der Waals surface area (Å²) in [5.74, 6) is 1.26. The van der Waals surface area contributed by atoms with Crippen molar-refractivity contribution in [3.05, 3.63) is 71.8 Å². The Hall–Kier alpha value is -2.21. The molecule has 3 rings (SSSR count). The van der Waals surface area contributed by atoms with E-state index >= 15 is 0 Å². The highest BCUT2D eigenvalue weighted by atomic mass is 16.6. The van der Waals surface area contributed by atoms with Crippen LogP contribution in [0.15, 0.2) is 60.7 Å². The number of hydrogen-bond donors (Lipinski definition) is 0. The molecule has 1 saturated heterocycles. The molecule has 0 spiro atoms. The van der Waals surface area contributed by atoms with Crippen molar-refractivity contribution < 1.29 is 23.7 Å². The first-order valence-electron chi connectivity index (χ1n) is 15.4. The first-order valence-corrected chi connectivity index (χ1v) is 15.4. The second-order valence-electron chi connectivity index (χ2n) is 12.0. The Morgan fingerprint density at radius 3 is 1.55 bits per heavy atom. The summed E-state index contributed by atoms with van der Waals surface area (Å²) in [6.07, 6.45) is 6.27. The number of hydrogen-bond acceptors (Lipinski definition) is 5. The third-order valence-electron chi connectivity index (χ3n) is 8.48. The third kappa shape index (κ3) is 11.3. The van der Waals surface area contributed by atoms with Crippen LogP contribution in [0.25, 0.3) is 0 Å². The second-order valence-corrected chi connectivity index (χ2v) is 12.0. The molecule has 5 nitrogen and oxygen atoms in total. The molecule has 5 heteroatoms. The minimum atomic E-state index is -0.198. The Labute approximate surface area is 242 Å². The van der Waals surface area contributed by atoms with Crippen LogP contribution in [0.4, 0.5) is 0 Å². The summed E-state index contributed by atoms with van der Waals surface area (Å²) in [6, 6.07) is 20.6. The number of esters is 1. The number of rotatable bonds is 17. The Balaban J connectivity index is 1.42. The third-order valence-corrected chi connectivity index (χ3v) is 8.48. The van der Waals surface area contributed by atoms with E-state index in [1.54, 1.807) is 0 Å². The van der Waals surface area contributed by atoms with Gasteiger partial charge in [-0.25, -0.2) is 0 Å². The van der Waals surface area contributed by atoms with Gasteiger partial charge in [-0.1, -0.05) is 88.4 Å². The van der Waals surface area contributed by atoms with Crippen molar-refractivity contribution >= 4 is 5.97 Å². The molecule has 0 aromatic heterocycles. The fourth-order valence-corrected chi connectivity index (χ4v) is 5.73. The number of carbonyl (C=O) groups excluding carboxylic acids is 1. The van der Waals surface area contributed by atoms with Crippen LogP contribution in [0, 0.1) is 23.7 Å². The zero-order valence-corrected chi connectivity index (χ0v) is 25.4. The standard InChI is InChI=1S/C35H52O5/c1-26(20-22-37-24-31-12-8-6-9-13-31)16-18-33-28(3)35(39-30(5)36)29(4)34(40-33)19-17-27(2)21-23-38-25-32-14-10-7-11-15-32/h6-15,26-29,33-35H,16-25H2,1-5H3/t26-,27-,28-,29-,33-,34+,35?/m0/s1. The molecule has 0 radical (unpaired) electrons. The van der Waals surface area contributed by atoms with E-state index in [2.05, 4.69) is 52.0 Å². The lowest BCUT2D eigenvalue weighted by molar-refractivity contribution is -0.192. The number of carbonyl (C=O) groups is 1. The van der Waals surface area contributed by atoms with Crippen molar-refractivity contribution in [1.82, 2.24) is 0 Å². The van der Waals surface area contributed by atoms with Crippen molar-refractivity contribution in [1.29, 1.82) is 0 Å². The van der Waals surface area contributed by atoms with Crippen LogP contribution in [-0.4, -0.2) is 37.5 Å². The maximum Gasteiger partial charge on any atom is 0.302 e. The molecule has 222 valence electrons. The van der Waals surface area contributed by atoms with Crippen molar-refractivity contribution in [3.63, 3.8) is 0 Å². The van der Waals surface area contributed by atoms with Crippen LogP contribution in [0.1, 0.15) is 84.3 Å². The summed E-state index contributed by atoms with van der Waals surface area (Å²) >= 11 is 0. The maximum atomic E-state index is 12.0. The highest BCUT2D eigenvalue weighted by Gasteiger charge is 2.43. The quantitative estimate of drug-likeness (QED) is 0.147. The van der Waals surface area contributed by atoms with E-state index in [1.165, 1.54) is 18.1 Å². The molecule has 0 amide bonds. The minimum absolute atomic E-state index is 0.0998. The lowest BCUT2D eigenvalue weighted by atomic mass is 9.78.